The number of nitrogens with one attached hydrogen (secondary N) is 3. The van der Waals surface area contributed by atoms with Crippen molar-refractivity contribution in [2.24, 2.45) is 0 Å². The van der Waals surface area contributed by atoms with Crippen molar-refractivity contribution >= 4 is 11.3 Å². The van der Waals surface area contributed by atoms with Crippen LogP contribution in [0.1, 0.15) is 6.42 Å². The van der Waals surface area contributed by atoms with E-state index in [9.17, 15) is 4.21 Å². The van der Waals surface area contributed by atoms with Crippen LogP contribution in [0.2, 0.25) is 0 Å². The van der Waals surface area contributed by atoms with E-state index in [0.717, 1.165) is 19.5 Å². The number of hydrogen-bond acceptors (Lipinski definition) is 3. The predicted octanol–water partition coefficient (Wildman–Crippen LogP) is -1.42. The summed E-state index contributed by atoms with van der Waals surface area (Å²) in [5, 5.41) is 3.11. The summed E-state index contributed by atoms with van der Waals surface area (Å²) in [5.74, 6) is 0. The Morgan fingerprint density at radius 1 is 1.70 bits per heavy atom. The van der Waals surface area contributed by atoms with E-state index >= 15 is 0 Å². The van der Waals surface area contributed by atoms with Gasteiger partial charge in [0, 0.05) is 12.6 Å². The first-order chi connectivity index (χ1) is 4.79. The van der Waals surface area contributed by atoms with Gasteiger partial charge in [0.05, 0.1) is 0 Å². The molecule has 0 saturated carbocycles. The topological polar surface area (TPSA) is 73.4 Å². The number of rotatable bonds is 3. The molecular formula is C4H11N3O2S. The Morgan fingerprint density at radius 3 is 3.00 bits per heavy atom. The molecule has 0 radical (unpaired) electrons. The summed E-state index contributed by atoms with van der Waals surface area (Å²) < 4.78 is 18.4. The Kier molecular flexibility index (Phi) is 3.23. The Bertz CT molecular complexity index is 126. The van der Waals surface area contributed by atoms with E-state index in [4.69, 9.17) is 4.55 Å². The van der Waals surface area contributed by atoms with Crippen molar-refractivity contribution in [1.29, 1.82) is 0 Å². The molecule has 10 heavy (non-hydrogen) atoms. The van der Waals surface area contributed by atoms with E-state index in [1.54, 1.807) is 0 Å². The van der Waals surface area contributed by atoms with Crippen LogP contribution in [0.15, 0.2) is 0 Å². The highest BCUT2D eigenvalue weighted by Gasteiger charge is 2.13. The zero-order chi connectivity index (χ0) is 7.40. The fourth-order valence-corrected chi connectivity index (χ4v) is 1.18. The first-order valence-corrected chi connectivity index (χ1v) is 4.22. The second-order valence-corrected chi connectivity index (χ2v) is 2.89. The van der Waals surface area contributed by atoms with Gasteiger partial charge in [-0.2, -0.15) is 4.83 Å². The van der Waals surface area contributed by atoms with Gasteiger partial charge in [-0.15, -0.1) is 0 Å². The van der Waals surface area contributed by atoms with Crippen LogP contribution in [0.4, 0.5) is 0 Å². The molecule has 0 bridgehead atoms. The van der Waals surface area contributed by atoms with E-state index < -0.39 is 11.3 Å². The van der Waals surface area contributed by atoms with E-state index in [1.807, 2.05) is 0 Å². The lowest BCUT2D eigenvalue weighted by Gasteiger charge is -2.08. The first kappa shape index (κ1) is 8.09. The van der Waals surface area contributed by atoms with Crippen LogP contribution in [0.3, 0.4) is 0 Å². The molecule has 4 N–H and O–H groups in total. The highest BCUT2D eigenvalue weighted by atomic mass is 32.2. The third-order valence-electron chi connectivity index (χ3n) is 1.41. The molecule has 1 aliphatic heterocycles. The van der Waals surface area contributed by atoms with Crippen LogP contribution in [-0.4, -0.2) is 27.9 Å². The van der Waals surface area contributed by atoms with Crippen molar-refractivity contribution < 1.29 is 8.76 Å². The monoisotopic (exact) mass is 165 g/mol. The Labute approximate surface area is 62.0 Å². The van der Waals surface area contributed by atoms with Gasteiger partial charge in [-0.1, -0.05) is 0 Å². The lowest BCUT2D eigenvalue weighted by Crippen LogP contribution is -2.42. The summed E-state index contributed by atoms with van der Waals surface area (Å²) in [6.45, 7) is 1.82. The zero-order valence-electron chi connectivity index (χ0n) is 5.46. The minimum Gasteiger partial charge on any atom is -0.315 e. The SMILES string of the molecule is O=S(O)NNC1CCNC1. The summed E-state index contributed by atoms with van der Waals surface area (Å²) in [6, 6.07) is 0.274. The Morgan fingerprint density at radius 2 is 2.50 bits per heavy atom. The molecule has 1 heterocycles. The average Bonchev–Trinajstić information content (AvgIpc) is 2.34. The van der Waals surface area contributed by atoms with Crippen molar-refractivity contribution in [1.82, 2.24) is 15.6 Å². The molecule has 1 aliphatic rings. The summed E-state index contributed by atoms with van der Waals surface area (Å²) in [5.41, 5.74) is 2.72. The highest BCUT2D eigenvalue weighted by molar-refractivity contribution is 7.77. The third-order valence-corrected chi connectivity index (χ3v) is 1.70. The highest BCUT2D eigenvalue weighted by Crippen LogP contribution is 1.94. The quantitative estimate of drug-likeness (QED) is 0.306. The number of hydrogen-bond donors (Lipinski definition) is 4. The van der Waals surface area contributed by atoms with Gasteiger partial charge in [0.15, 0.2) is 0 Å². The number of hydrazine groups is 1. The molecule has 5 nitrogen and oxygen atoms in total. The van der Waals surface area contributed by atoms with Crippen molar-refractivity contribution in [3.05, 3.63) is 0 Å². The third kappa shape index (κ3) is 2.72. The minimum atomic E-state index is -1.95. The molecule has 2 unspecified atom stereocenters. The van der Waals surface area contributed by atoms with E-state index in [0.29, 0.717) is 0 Å². The predicted molar refractivity (Wildman–Crippen MR) is 38.3 cm³/mol. The second-order valence-electron chi connectivity index (χ2n) is 2.19. The fourth-order valence-electron chi connectivity index (χ4n) is 0.912. The lowest BCUT2D eigenvalue weighted by atomic mass is 10.3. The van der Waals surface area contributed by atoms with Gasteiger partial charge in [0.2, 0.25) is 11.3 Å². The molecule has 6 heteroatoms. The average molecular weight is 165 g/mol. The van der Waals surface area contributed by atoms with Crippen LogP contribution in [0.5, 0.6) is 0 Å². The van der Waals surface area contributed by atoms with Crippen LogP contribution in [0, 0.1) is 0 Å². The fraction of sp³-hybridized carbons (Fsp3) is 1.00. The molecule has 0 amide bonds. The van der Waals surface area contributed by atoms with E-state index in [1.165, 1.54) is 0 Å². The largest absolute Gasteiger partial charge is 0.315 e. The van der Waals surface area contributed by atoms with Gasteiger partial charge in [-0.05, 0) is 13.0 Å². The molecule has 0 aromatic carbocycles. The van der Waals surface area contributed by atoms with Crippen LogP contribution < -0.4 is 15.6 Å². The summed E-state index contributed by atoms with van der Waals surface area (Å²) in [4.78, 5) is 2.23. The van der Waals surface area contributed by atoms with Crippen LogP contribution in [-0.2, 0) is 11.3 Å². The van der Waals surface area contributed by atoms with Gasteiger partial charge in [0.25, 0.3) is 0 Å². The normalized spacial score (nSPS) is 28.7. The molecule has 0 aliphatic carbocycles. The van der Waals surface area contributed by atoms with Gasteiger partial charge < -0.3 is 5.32 Å². The lowest BCUT2D eigenvalue weighted by molar-refractivity contribution is 0.485. The molecule has 1 fully saturated rings. The van der Waals surface area contributed by atoms with Crippen molar-refractivity contribution in [3.63, 3.8) is 0 Å². The van der Waals surface area contributed by atoms with Crippen LogP contribution in [0.25, 0.3) is 0 Å². The van der Waals surface area contributed by atoms with Crippen LogP contribution >= 0.6 is 0 Å². The summed E-state index contributed by atoms with van der Waals surface area (Å²) >= 11 is -1.95. The first-order valence-electron chi connectivity index (χ1n) is 3.12. The Balaban J connectivity index is 2.07. The molecule has 60 valence electrons. The molecule has 0 spiro atoms. The maximum atomic E-state index is 10.1. The van der Waals surface area contributed by atoms with E-state index in [2.05, 4.69) is 15.6 Å². The van der Waals surface area contributed by atoms with Gasteiger partial charge in [0.1, 0.15) is 0 Å². The molecule has 1 rings (SSSR count). The molecule has 1 saturated heterocycles. The molecular weight excluding hydrogens is 154 g/mol. The Hall–Kier alpha value is -0.0100. The smallest absolute Gasteiger partial charge is 0.245 e. The standard InChI is InChI=1S/C4H11N3O2S/c8-10(9)7-6-4-1-2-5-3-4/h4-7H,1-3H2,(H,8,9). The second kappa shape index (κ2) is 3.99. The summed E-state index contributed by atoms with van der Waals surface area (Å²) in [6.07, 6.45) is 0.990. The minimum absolute atomic E-state index is 0.274. The van der Waals surface area contributed by atoms with Gasteiger partial charge in [-0.25, -0.2) is 9.63 Å². The van der Waals surface area contributed by atoms with Crippen molar-refractivity contribution in [3.8, 4) is 0 Å². The molecule has 0 aromatic heterocycles. The summed E-state index contributed by atoms with van der Waals surface area (Å²) in [7, 11) is 0. The maximum absolute atomic E-state index is 10.1. The van der Waals surface area contributed by atoms with Crippen molar-refractivity contribution in [2.45, 2.75) is 12.5 Å². The maximum Gasteiger partial charge on any atom is 0.245 e. The molecule has 2 atom stereocenters. The van der Waals surface area contributed by atoms with E-state index in [-0.39, 0.29) is 6.04 Å². The molecule has 0 aromatic rings. The zero-order valence-corrected chi connectivity index (χ0v) is 6.28. The van der Waals surface area contributed by atoms with Crippen molar-refractivity contribution in [2.75, 3.05) is 13.1 Å². The van der Waals surface area contributed by atoms with Gasteiger partial charge >= 0.3 is 0 Å². The van der Waals surface area contributed by atoms with Gasteiger partial charge in [-0.3, -0.25) is 4.55 Å².